The molecule has 4 nitrogen and oxygen atoms in total. The lowest BCUT2D eigenvalue weighted by molar-refractivity contribution is -0.158. The predicted molar refractivity (Wildman–Crippen MR) is 126 cm³/mol. The van der Waals surface area contributed by atoms with Crippen LogP contribution in [0.5, 0.6) is 5.75 Å². The van der Waals surface area contributed by atoms with Crippen LogP contribution in [0.3, 0.4) is 0 Å². The summed E-state index contributed by atoms with van der Waals surface area (Å²) in [6.45, 7) is 4.14. The van der Waals surface area contributed by atoms with Crippen molar-refractivity contribution in [2.75, 3.05) is 0 Å². The van der Waals surface area contributed by atoms with Crippen LogP contribution in [0.25, 0.3) is 0 Å². The number of aliphatic hydroxyl groups is 1. The molecule has 1 atom stereocenters. The molecule has 0 bridgehead atoms. The molecule has 0 saturated heterocycles. The van der Waals surface area contributed by atoms with E-state index in [1.807, 2.05) is 31.2 Å². The van der Waals surface area contributed by atoms with E-state index >= 15 is 0 Å². The van der Waals surface area contributed by atoms with E-state index in [2.05, 4.69) is 31.2 Å². The van der Waals surface area contributed by atoms with Gasteiger partial charge in [0.1, 0.15) is 11.9 Å². The zero-order valence-electron chi connectivity index (χ0n) is 19.3. The van der Waals surface area contributed by atoms with Crippen LogP contribution in [0.15, 0.2) is 48.5 Å². The summed E-state index contributed by atoms with van der Waals surface area (Å²) in [6, 6.07) is 16.6. The first-order chi connectivity index (χ1) is 15.5. The van der Waals surface area contributed by atoms with Crippen molar-refractivity contribution in [1.82, 2.24) is 0 Å². The number of aliphatic hydroxyl groups excluding tert-OH is 1. The van der Waals surface area contributed by atoms with Crippen molar-refractivity contribution in [3.63, 3.8) is 0 Å². The van der Waals surface area contributed by atoms with E-state index in [0.29, 0.717) is 11.7 Å². The number of esters is 1. The Morgan fingerprint density at radius 1 is 0.812 bits per heavy atom. The average Bonchev–Trinajstić information content (AvgIpc) is 2.82. The molecule has 0 radical (unpaired) electrons. The van der Waals surface area contributed by atoms with Gasteiger partial charge in [0, 0.05) is 5.92 Å². The zero-order valence-corrected chi connectivity index (χ0v) is 19.3. The van der Waals surface area contributed by atoms with E-state index in [1.165, 1.54) is 11.1 Å². The van der Waals surface area contributed by atoms with Crippen molar-refractivity contribution >= 4 is 5.97 Å². The molecule has 2 fully saturated rings. The molecule has 4 heteroatoms. The van der Waals surface area contributed by atoms with Crippen LogP contribution >= 0.6 is 0 Å². The molecular formula is C28H36O4. The van der Waals surface area contributed by atoms with Crippen molar-refractivity contribution in [1.29, 1.82) is 0 Å². The Morgan fingerprint density at radius 2 is 1.38 bits per heavy atom. The van der Waals surface area contributed by atoms with Gasteiger partial charge in [0.05, 0.1) is 5.92 Å². The Morgan fingerprint density at radius 3 is 1.97 bits per heavy atom. The molecular weight excluding hydrogens is 400 g/mol. The van der Waals surface area contributed by atoms with Gasteiger partial charge in [-0.1, -0.05) is 47.5 Å². The lowest BCUT2D eigenvalue weighted by Crippen LogP contribution is -2.34. The Bertz CT molecular complexity index is 857. The maximum atomic E-state index is 12.7. The number of carbonyl (C=O) groups excluding carboxylic acids is 1. The third-order valence-electron chi connectivity index (χ3n) is 7.29. The van der Waals surface area contributed by atoms with Crippen LogP contribution < -0.4 is 4.74 Å². The third-order valence-corrected chi connectivity index (χ3v) is 7.29. The standard InChI is InChI=1S/C28H36O4/c1-19-3-7-21(8-4-19)22-13-17-26(18-14-22)32-28(30)24-11-9-23(10-12-24)27(29)31-25-15-5-20(2)6-16-25/h3-8,15-16,22-24,26-27,29H,9-14,17-18H2,1-2H3. The van der Waals surface area contributed by atoms with Gasteiger partial charge in [-0.3, -0.25) is 4.79 Å². The van der Waals surface area contributed by atoms with E-state index in [-0.39, 0.29) is 23.9 Å². The summed E-state index contributed by atoms with van der Waals surface area (Å²) in [4.78, 5) is 12.7. The van der Waals surface area contributed by atoms with E-state index in [0.717, 1.165) is 56.9 Å². The highest BCUT2D eigenvalue weighted by molar-refractivity contribution is 5.72. The first kappa shape index (κ1) is 22.8. The fraction of sp³-hybridized carbons (Fsp3) is 0.536. The Labute approximate surface area is 191 Å². The van der Waals surface area contributed by atoms with Gasteiger partial charge in [-0.05, 0) is 88.8 Å². The number of hydrogen-bond acceptors (Lipinski definition) is 4. The van der Waals surface area contributed by atoms with Crippen LogP contribution in [-0.4, -0.2) is 23.5 Å². The van der Waals surface area contributed by atoms with Gasteiger partial charge < -0.3 is 14.6 Å². The number of ether oxygens (including phenoxy) is 2. The highest BCUT2D eigenvalue weighted by Gasteiger charge is 2.33. The van der Waals surface area contributed by atoms with Gasteiger partial charge in [0.25, 0.3) is 0 Å². The van der Waals surface area contributed by atoms with Crippen LogP contribution in [0.2, 0.25) is 0 Å². The van der Waals surface area contributed by atoms with Crippen molar-refractivity contribution in [3.05, 3.63) is 65.2 Å². The quantitative estimate of drug-likeness (QED) is 0.441. The third kappa shape index (κ3) is 5.92. The monoisotopic (exact) mass is 436 g/mol. The minimum Gasteiger partial charge on any atom is -0.465 e. The van der Waals surface area contributed by atoms with E-state index in [4.69, 9.17) is 9.47 Å². The largest absolute Gasteiger partial charge is 0.465 e. The molecule has 0 aromatic heterocycles. The van der Waals surface area contributed by atoms with Gasteiger partial charge in [-0.25, -0.2) is 0 Å². The summed E-state index contributed by atoms with van der Waals surface area (Å²) in [5.74, 6) is 1.23. The Kier molecular flexibility index (Phi) is 7.51. The molecule has 2 aromatic carbocycles. The lowest BCUT2D eigenvalue weighted by Gasteiger charge is -2.33. The average molecular weight is 437 g/mol. The fourth-order valence-corrected chi connectivity index (χ4v) is 5.11. The number of aryl methyl sites for hydroxylation is 2. The number of rotatable bonds is 6. The van der Waals surface area contributed by atoms with E-state index in [1.54, 1.807) is 0 Å². The number of carbonyl (C=O) groups is 1. The first-order valence-electron chi connectivity index (χ1n) is 12.2. The summed E-state index contributed by atoms with van der Waals surface area (Å²) in [5.41, 5.74) is 3.86. The molecule has 2 saturated carbocycles. The summed E-state index contributed by atoms with van der Waals surface area (Å²) in [7, 11) is 0. The van der Waals surface area contributed by atoms with Gasteiger partial charge >= 0.3 is 5.97 Å². The van der Waals surface area contributed by atoms with Crippen molar-refractivity contribution in [2.24, 2.45) is 11.8 Å². The van der Waals surface area contributed by atoms with Crippen LogP contribution in [0.4, 0.5) is 0 Å². The molecule has 0 heterocycles. The van der Waals surface area contributed by atoms with Crippen molar-refractivity contribution < 1.29 is 19.4 Å². The first-order valence-corrected chi connectivity index (χ1v) is 12.2. The molecule has 1 unspecified atom stereocenters. The van der Waals surface area contributed by atoms with Gasteiger partial charge in [0.2, 0.25) is 0 Å². The normalized spacial score (nSPS) is 26.8. The molecule has 2 aliphatic rings. The highest BCUT2D eigenvalue weighted by Crippen LogP contribution is 2.36. The summed E-state index contributed by atoms with van der Waals surface area (Å²) in [6.07, 6.45) is 6.37. The molecule has 0 aliphatic heterocycles. The van der Waals surface area contributed by atoms with Crippen LogP contribution in [0.1, 0.15) is 74.0 Å². The highest BCUT2D eigenvalue weighted by atomic mass is 16.6. The topological polar surface area (TPSA) is 55.8 Å². The van der Waals surface area contributed by atoms with Crippen molar-refractivity contribution in [3.8, 4) is 5.75 Å². The van der Waals surface area contributed by atoms with Gasteiger partial charge in [-0.15, -0.1) is 0 Å². The summed E-state index contributed by atoms with van der Waals surface area (Å²) >= 11 is 0. The molecule has 4 rings (SSSR count). The minimum absolute atomic E-state index is 0.0452. The second-order valence-electron chi connectivity index (χ2n) is 9.75. The maximum absolute atomic E-state index is 12.7. The second kappa shape index (κ2) is 10.5. The van der Waals surface area contributed by atoms with Crippen LogP contribution in [-0.2, 0) is 9.53 Å². The van der Waals surface area contributed by atoms with E-state index < -0.39 is 6.29 Å². The molecule has 32 heavy (non-hydrogen) atoms. The van der Waals surface area contributed by atoms with Gasteiger partial charge in [-0.2, -0.15) is 0 Å². The molecule has 2 aromatic rings. The number of benzene rings is 2. The smallest absolute Gasteiger partial charge is 0.309 e. The molecule has 0 amide bonds. The zero-order chi connectivity index (χ0) is 22.5. The van der Waals surface area contributed by atoms with E-state index in [9.17, 15) is 9.90 Å². The Balaban J connectivity index is 1.18. The molecule has 0 spiro atoms. The fourth-order valence-electron chi connectivity index (χ4n) is 5.11. The molecule has 2 aliphatic carbocycles. The predicted octanol–water partition coefficient (Wildman–Crippen LogP) is 6.08. The molecule has 172 valence electrons. The SMILES string of the molecule is Cc1ccc(OC(O)C2CCC(C(=O)OC3CCC(c4ccc(C)cc4)CC3)CC2)cc1. The minimum atomic E-state index is -0.827. The molecule has 1 N–H and O–H groups in total. The summed E-state index contributed by atoms with van der Waals surface area (Å²) in [5, 5.41) is 10.5. The van der Waals surface area contributed by atoms with Crippen molar-refractivity contribution in [2.45, 2.75) is 83.5 Å². The summed E-state index contributed by atoms with van der Waals surface area (Å²) < 4.78 is 11.6. The second-order valence-corrected chi connectivity index (χ2v) is 9.75. The Hall–Kier alpha value is -2.33. The lowest BCUT2D eigenvalue weighted by atomic mass is 9.81. The van der Waals surface area contributed by atoms with Gasteiger partial charge in [0.15, 0.2) is 6.29 Å². The number of hydrogen-bond donors (Lipinski definition) is 1. The maximum Gasteiger partial charge on any atom is 0.309 e. The van der Waals surface area contributed by atoms with Crippen LogP contribution in [0, 0.1) is 25.7 Å².